The zero-order valence-electron chi connectivity index (χ0n) is 17.2. The van der Waals surface area contributed by atoms with Gasteiger partial charge < -0.3 is 13.7 Å². The van der Waals surface area contributed by atoms with Gasteiger partial charge in [0.2, 0.25) is 14.9 Å². The number of carbonyl (C=O) groups excluding carboxylic acids is 1. The third-order valence-corrected chi connectivity index (χ3v) is 6.74. The van der Waals surface area contributed by atoms with E-state index in [1.807, 2.05) is 13.0 Å². The molecule has 32 heavy (non-hydrogen) atoms. The quantitative estimate of drug-likeness (QED) is 0.356. The van der Waals surface area contributed by atoms with Crippen molar-refractivity contribution < 1.29 is 22.0 Å². The Morgan fingerprint density at radius 1 is 0.969 bits per heavy atom. The largest absolute Gasteiger partial charge is 0.467 e. The van der Waals surface area contributed by atoms with Gasteiger partial charge >= 0.3 is 0 Å². The first-order valence-corrected chi connectivity index (χ1v) is 11.7. The van der Waals surface area contributed by atoms with E-state index in [2.05, 4.69) is 0 Å². The fourth-order valence-corrected chi connectivity index (χ4v) is 4.60. The van der Waals surface area contributed by atoms with Crippen molar-refractivity contribution in [2.75, 3.05) is 0 Å². The topological polar surface area (TPSA) is 80.7 Å². The molecule has 0 fully saturated rings. The summed E-state index contributed by atoms with van der Waals surface area (Å²) in [5.41, 5.74) is 1.75. The van der Waals surface area contributed by atoms with Crippen LogP contribution in [0.2, 0.25) is 5.02 Å². The third kappa shape index (κ3) is 4.79. The number of carbonyl (C=O) groups is 1. The second-order valence-electron chi connectivity index (χ2n) is 7.31. The van der Waals surface area contributed by atoms with Crippen LogP contribution in [0.4, 0.5) is 0 Å². The van der Waals surface area contributed by atoms with E-state index in [9.17, 15) is 13.2 Å². The molecule has 0 bridgehead atoms. The Morgan fingerprint density at radius 3 is 2.44 bits per heavy atom. The van der Waals surface area contributed by atoms with E-state index in [0.717, 1.165) is 11.1 Å². The maximum atomic E-state index is 13.2. The van der Waals surface area contributed by atoms with E-state index in [0.29, 0.717) is 10.8 Å². The molecule has 0 saturated carbocycles. The lowest BCUT2D eigenvalue weighted by Gasteiger charge is -2.21. The fraction of sp³-hybridized carbons (Fsp3) is 0.125. The van der Waals surface area contributed by atoms with Gasteiger partial charge in [0.25, 0.3) is 5.91 Å². The lowest BCUT2D eigenvalue weighted by Crippen LogP contribution is -2.29. The summed E-state index contributed by atoms with van der Waals surface area (Å²) >= 11 is 6.08. The molecule has 2 heterocycles. The van der Waals surface area contributed by atoms with E-state index in [-0.39, 0.29) is 28.8 Å². The number of hydrogen-bond donors (Lipinski definition) is 0. The van der Waals surface area contributed by atoms with E-state index in [1.165, 1.54) is 35.4 Å². The van der Waals surface area contributed by atoms with Crippen LogP contribution in [0.25, 0.3) is 0 Å². The lowest BCUT2D eigenvalue weighted by molar-refractivity contribution is 0.0679. The molecular formula is C24H20ClNO5S. The van der Waals surface area contributed by atoms with Crippen molar-refractivity contribution >= 4 is 27.3 Å². The molecule has 8 heteroatoms. The molecular weight excluding hydrogens is 450 g/mol. The number of nitrogens with zero attached hydrogens (tertiary/aromatic N) is 1. The highest BCUT2D eigenvalue weighted by Gasteiger charge is 2.26. The molecule has 0 N–H and O–H groups in total. The van der Waals surface area contributed by atoms with Crippen molar-refractivity contribution in [1.82, 2.24) is 4.90 Å². The monoisotopic (exact) mass is 469 g/mol. The van der Waals surface area contributed by atoms with Crippen LogP contribution in [0.5, 0.6) is 0 Å². The van der Waals surface area contributed by atoms with Crippen LogP contribution in [0.3, 0.4) is 0 Å². The van der Waals surface area contributed by atoms with Crippen molar-refractivity contribution in [2.45, 2.75) is 30.0 Å². The van der Waals surface area contributed by atoms with Crippen molar-refractivity contribution in [2.24, 2.45) is 0 Å². The fourth-order valence-electron chi connectivity index (χ4n) is 3.21. The summed E-state index contributed by atoms with van der Waals surface area (Å²) in [6.07, 6.45) is 1.52. The second kappa shape index (κ2) is 9.06. The number of halogens is 1. The molecule has 0 aliphatic rings. The number of sulfone groups is 1. The minimum absolute atomic E-state index is 0.0794. The molecule has 164 valence electrons. The number of amides is 1. The molecule has 2 aromatic carbocycles. The van der Waals surface area contributed by atoms with Crippen molar-refractivity contribution in [1.29, 1.82) is 0 Å². The summed E-state index contributed by atoms with van der Waals surface area (Å²) in [7, 11) is -3.88. The molecule has 4 aromatic rings. The van der Waals surface area contributed by atoms with Crippen LogP contribution in [0, 0.1) is 6.92 Å². The molecule has 6 nitrogen and oxygen atoms in total. The highest BCUT2D eigenvalue weighted by atomic mass is 35.5. The molecule has 0 aliphatic carbocycles. The normalized spacial score (nSPS) is 11.4. The average molecular weight is 470 g/mol. The standard InChI is InChI=1S/C24H20ClNO5S/c1-17-7-9-21(10-8-17)32(28,29)23-12-11-22(31-23)24(27)26(16-20-6-3-13-30-20)15-18-4-2-5-19(25)14-18/h2-14H,15-16H2,1H3. The summed E-state index contributed by atoms with van der Waals surface area (Å²) in [6, 6.07) is 19.8. The second-order valence-corrected chi connectivity index (χ2v) is 9.62. The maximum Gasteiger partial charge on any atom is 0.290 e. The van der Waals surface area contributed by atoms with E-state index < -0.39 is 15.7 Å². The van der Waals surface area contributed by atoms with Gasteiger partial charge in [0.1, 0.15) is 5.76 Å². The van der Waals surface area contributed by atoms with Crippen LogP contribution < -0.4 is 0 Å². The molecule has 0 radical (unpaired) electrons. The SMILES string of the molecule is Cc1ccc(S(=O)(=O)c2ccc(C(=O)N(Cc3cccc(Cl)c3)Cc3ccco3)o2)cc1. The Hall–Kier alpha value is -3.29. The highest BCUT2D eigenvalue weighted by molar-refractivity contribution is 7.91. The number of hydrogen-bond acceptors (Lipinski definition) is 5. The smallest absolute Gasteiger partial charge is 0.290 e. The molecule has 4 rings (SSSR count). The molecule has 0 unspecified atom stereocenters. The summed E-state index contributed by atoms with van der Waals surface area (Å²) in [5.74, 6) is 0.0374. The van der Waals surface area contributed by atoms with Gasteiger partial charge in [-0.2, -0.15) is 0 Å². The van der Waals surface area contributed by atoms with Crippen molar-refractivity contribution in [3.8, 4) is 0 Å². The Balaban J connectivity index is 1.62. The highest BCUT2D eigenvalue weighted by Crippen LogP contribution is 2.25. The molecule has 1 amide bonds. The Bertz CT molecular complexity index is 1320. The van der Waals surface area contributed by atoms with E-state index in [1.54, 1.807) is 42.5 Å². The summed E-state index contributed by atoms with van der Waals surface area (Å²) in [5, 5.41) is 0.266. The number of aryl methyl sites for hydroxylation is 1. The summed E-state index contributed by atoms with van der Waals surface area (Å²) in [6.45, 7) is 2.29. The van der Waals surface area contributed by atoms with Crippen LogP contribution in [-0.4, -0.2) is 19.2 Å². The van der Waals surface area contributed by atoms with Gasteiger partial charge in [-0.05, 0) is 61.0 Å². The number of benzene rings is 2. The van der Waals surface area contributed by atoms with Crippen molar-refractivity contribution in [3.63, 3.8) is 0 Å². The maximum absolute atomic E-state index is 13.2. The van der Waals surface area contributed by atoms with Gasteiger partial charge in [0.15, 0.2) is 5.76 Å². The van der Waals surface area contributed by atoms with Gasteiger partial charge in [0, 0.05) is 11.6 Å². The van der Waals surface area contributed by atoms with Crippen LogP contribution in [0.15, 0.2) is 97.9 Å². The average Bonchev–Trinajstić information content (AvgIpc) is 3.46. The third-order valence-electron chi connectivity index (χ3n) is 4.86. The summed E-state index contributed by atoms with van der Waals surface area (Å²) < 4.78 is 36.7. The molecule has 0 saturated heterocycles. The Kier molecular flexibility index (Phi) is 6.21. The van der Waals surface area contributed by atoms with Crippen LogP contribution in [0.1, 0.15) is 27.4 Å². The number of furan rings is 2. The summed E-state index contributed by atoms with van der Waals surface area (Å²) in [4.78, 5) is 14.8. The lowest BCUT2D eigenvalue weighted by atomic mass is 10.2. The predicted molar refractivity (Wildman–Crippen MR) is 119 cm³/mol. The first-order chi connectivity index (χ1) is 15.3. The first-order valence-electron chi connectivity index (χ1n) is 9.80. The number of rotatable bonds is 7. The van der Waals surface area contributed by atoms with Gasteiger partial charge in [-0.1, -0.05) is 41.4 Å². The molecule has 2 aromatic heterocycles. The van der Waals surface area contributed by atoms with Crippen LogP contribution >= 0.6 is 11.6 Å². The van der Waals surface area contributed by atoms with E-state index >= 15 is 0 Å². The minimum Gasteiger partial charge on any atom is -0.467 e. The van der Waals surface area contributed by atoms with Gasteiger partial charge in [-0.25, -0.2) is 8.42 Å². The molecule has 0 aliphatic heterocycles. The van der Waals surface area contributed by atoms with Gasteiger partial charge in [-0.3, -0.25) is 4.79 Å². The Labute approximate surface area is 191 Å². The zero-order chi connectivity index (χ0) is 22.7. The first kappa shape index (κ1) is 21.9. The van der Waals surface area contributed by atoms with Gasteiger partial charge in [0.05, 0.1) is 17.7 Å². The van der Waals surface area contributed by atoms with Crippen molar-refractivity contribution in [3.05, 3.63) is 107 Å². The minimum atomic E-state index is -3.88. The predicted octanol–water partition coefficient (Wildman–Crippen LogP) is 5.51. The zero-order valence-corrected chi connectivity index (χ0v) is 18.8. The molecule has 0 atom stereocenters. The molecule has 0 spiro atoms. The van der Waals surface area contributed by atoms with Gasteiger partial charge in [-0.15, -0.1) is 0 Å². The Morgan fingerprint density at radius 2 is 1.75 bits per heavy atom. The van der Waals surface area contributed by atoms with E-state index in [4.69, 9.17) is 20.4 Å². The van der Waals surface area contributed by atoms with Crippen LogP contribution in [-0.2, 0) is 22.9 Å².